The van der Waals surface area contributed by atoms with Gasteiger partial charge >= 0.3 is 0 Å². The van der Waals surface area contributed by atoms with Crippen molar-refractivity contribution in [2.24, 2.45) is 0 Å². The van der Waals surface area contributed by atoms with Crippen molar-refractivity contribution in [3.05, 3.63) is 77.7 Å². The van der Waals surface area contributed by atoms with Crippen LogP contribution in [0.3, 0.4) is 0 Å². The van der Waals surface area contributed by atoms with Crippen LogP contribution in [-0.4, -0.2) is 31.1 Å². The molecule has 1 atom stereocenters. The van der Waals surface area contributed by atoms with Crippen molar-refractivity contribution < 1.29 is 23.5 Å². The van der Waals surface area contributed by atoms with E-state index >= 15 is 0 Å². The molecule has 3 aromatic rings. The van der Waals surface area contributed by atoms with E-state index in [1.54, 1.807) is 30.3 Å². The van der Waals surface area contributed by atoms with Gasteiger partial charge in [0.05, 0.1) is 6.26 Å². The van der Waals surface area contributed by atoms with Gasteiger partial charge in [-0.2, -0.15) is 0 Å². The molecule has 2 amide bonds. The first-order valence-electron chi connectivity index (χ1n) is 12.7. The fraction of sp³-hybridized carbons (Fsp3) is 0.379. The molecule has 0 bridgehead atoms. The van der Waals surface area contributed by atoms with Gasteiger partial charge in [0.2, 0.25) is 5.91 Å². The Kier molecular flexibility index (Phi) is 6.98. The Morgan fingerprint density at radius 3 is 2.28 bits per heavy atom. The summed E-state index contributed by atoms with van der Waals surface area (Å²) in [7, 11) is 0. The van der Waals surface area contributed by atoms with E-state index in [1.165, 1.54) is 11.2 Å². The van der Waals surface area contributed by atoms with Gasteiger partial charge < -0.3 is 19.2 Å². The Balaban J connectivity index is 1.60. The highest BCUT2D eigenvalue weighted by molar-refractivity contribution is 6.08. The SMILES string of the molecule is CC(C)c1ccc(C(C(=O)NC2CCCC2)N(C(=O)c2ccco2)c2ccc3c(c2)OCCO3)cc1. The van der Waals surface area contributed by atoms with Crippen molar-refractivity contribution in [1.82, 2.24) is 5.32 Å². The summed E-state index contributed by atoms with van der Waals surface area (Å²) in [5.41, 5.74) is 2.42. The maximum absolute atomic E-state index is 13.9. The van der Waals surface area contributed by atoms with Crippen molar-refractivity contribution >= 4 is 17.5 Å². The number of nitrogens with one attached hydrogen (secondary N) is 1. The van der Waals surface area contributed by atoms with Gasteiger partial charge in [-0.05, 0) is 54.2 Å². The van der Waals surface area contributed by atoms with Gasteiger partial charge in [-0.3, -0.25) is 14.5 Å². The maximum Gasteiger partial charge on any atom is 0.294 e. The van der Waals surface area contributed by atoms with Gasteiger partial charge in [0, 0.05) is 17.8 Å². The molecule has 1 saturated carbocycles. The van der Waals surface area contributed by atoms with Crippen LogP contribution in [0.15, 0.2) is 65.3 Å². The molecule has 1 unspecified atom stereocenters. The third-order valence-corrected chi connectivity index (χ3v) is 6.88. The summed E-state index contributed by atoms with van der Waals surface area (Å²) in [6.45, 7) is 5.14. The standard InChI is InChI=1S/C29H32N2O5/c1-19(2)20-9-11-21(12-10-20)27(28(32)30-22-6-3-4-7-22)31(29(33)25-8-5-15-34-25)23-13-14-24-26(18-23)36-17-16-35-24/h5,8-15,18-19,22,27H,3-4,6-7,16-17H2,1-2H3,(H,30,32). The molecule has 1 fully saturated rings. The third kappa shape index (κ3) is 4.96. The summed E-state index contributed by atoms with van der Waals surface area (Å²) < 4.78 is 17.0. The number of benzene rings is 2. The lowest BCUT2D eigenvalue weighted by atomic mass is 9.97. The second-order valence-corrected chi connectivity index (χ2v) is 9.69. The van der Waals surface area contributed by atoms with E-state index in [4.69, 9.17) is 13.9 Å². The van der Waals surface area contributed by atoms with E-state index in [-0.39, 0.29) is 17.7 Å². The Hall–Kier alpha value is -3.74. The smallest absolute Gasteiger partial charge is 0.294 e. The van der Waals surface area contributed by atoms with Gasteiger partial charge in [-0.15, -0.1) is 0 Å². The van der Waals surface area contributed by atoms with E-state index < -0.39 is 11.9 Å². The minimum Gasteiger partial charge on any atom is -0.486 e. The Labute approximate surface area is 211 Å². The number of nitrogens with zero attached hydrogens (tertiary/aromatic N) is 1. The van der Waals surface area contributed by atoms with Crippen LogP contribution >= 0.6 is 0 Å². The summed E-state index contributed by atoms with van der Waals surface area (Å²) in [5.74, 6) is 1.04. The van der Waals surface area contributed by atoms with Gasteiger partial charge in [0.1, 0.15) is 19.3 Å². The predicted molar refractivity (Wildman–Crippen MR) is 137 cm³/mol. The van der Waals surface area contributed by atoms with Crippen molar-refractivity contribution in [2.75, 3.05) is 18.1 Å². The highest BCUT2D eigenvalue weighted by atomic mass is 16.6. The predicted octanol–water partition coefficient (Wildman–Crippen LogP) is 5.62. The summed E-state index contributed by atoms with van der Waals surface area (Å²) in [4.78, 5) is 29.3. The lowest BCUT2D eigenvalue weighted by Gasteiger charge is -2.32. The highest BCUT2D eigenvalue weighted by Crippen LogP contribution is 2.38. The fourth-order valence-electron chi connectivity index (χ4n) is 4.92. The first-order chi connectivity index (χ1) is 17.5. The molecular formula is C29H32N2O5. The van der Waals surface area contributed by atoms with Crippen molar-refractivity contribution in [2.45, 2.75) is 57.5 Å². The van der Waals surface area contributed by atoms with Crippen molar-refractivity contribution in [3.8, 4) is 11.5 Å². The Morgan fingerprint density at radius 2 is 1.61 bits per heavy atom. The number of anilines is 1. The van der Waals surface area contributed by atoms with Crippen LogP contribution in [0.2, 0.25) is 0 Å². The first kappa shape index (κ1) is 24.0. The zero-order chi connectivity index (χ0) is 25.1. The monoisotopic (exact) mass is 488 g/mol. The first-order valence-corrected chi connectivity index (χ1v) is 12.7. The minimum absolute atomic E-state index is 0.107. The Morgan fingerprint density at radius 1 is 0.917 bits per heavy atom. The summed E-state index contributed by atoms with van der Waals surface area (Å²) >= 11 is 0. The van der Waals surface area contributed by atoms with E-state index in [9.17, 15) is 9.59 Å². The third-order valence-electron chi connectivity index (χ3n) is 6.88. The van der Waals surface area contributed by atoms with Crippen LogP contribution in [-0.2, 0) is 4.79 Å². The summed E-state index contributed by atoms with van der Waals surface area (Å²) in [6.07, 6.45) is 5.54. The average Bonchev–Trinajstić information content (AvgIpc) is 3.61. The molecule has 7 heteroatoms. The molecule has 188 valence electrons. The molecule has 1 aromatic heterocycles. The van der Waals surface area contributed by atoms with Crippen LogP contribution in [0, 0.1) is 0 Å². The van der Waals surface area contributed by atoms with Crippen LogP contribution in [0.4, 0.5) is 5.69 Å². The molecule has 2 aliphatic rings. The zero-order valence-corrected chi connectivity index (χ0v) is 20.7. The summed E-state index contributed by atoms with van der Waals surface area (Å²) in [5, 5.41) is 3.21. The average molecular weight is 489 g/mol. The fourth-order valence-corrected chi connectivity index (χ4v) is 4.92. The van der Waals surface area contributed by atoms with Crippen LogP contribution < -0.4 is 19.7 Å². The van der Waals surface area contributed by atoms with Gasteiger partial charge in [-0.25, -0.2) is 0 Å². The maximum atomic E-state index is 13.9. The van der Waals surface area contributed by atoms with E-state index in [1.807, 2.05) is 24.3 Å². The Bertz CT molecular complexity index is 1200. The summed E-state index contributed by atoms with van der Waals surface area (Å²) in [6, 6.07) is 15.7. The molecule has 1 N–H and O–H groups in total. The second-order valence-electron chi connectivity index (χ2n) is 9.69. The number of rotatable bonds is 7. The van der Waals surface area contributed by atoms with Gasteiger partial charge in [-0.1, -0.05) is 51.0 Å². The van der Waals surface area contributed by atoms with Gasteiger partial charge in [0.15, 0.2) is 17.3 Å². The number of furan rings is 1. The number of carbonyl (C=O) groups is 2. The molecule has 7 nitrogen and oxygen atoms in total. The quantitative estimate of drug-likeness (QED) is 0.467. The normalized spacial score (nSPS) is 16.1. The second kappa shape index (κ2) is 10.5. The number of ether oxygens (including phenoxy) is 2. The van der Waals surface area contributed by atoms with Crippen LogP contribution in [0.25, 0.3) is 0 Å². The molecule has 1 aliphatic heterocycles. The molecule has 1 aliphatic carbocycles. The topological polar surface area (TPSA) is 81.0 Å². The molecule has 2 aromatic carbocycles. The molecule has 0 radical (unpaired) electrons. The number of carbonyl (C=O) groups excluding carboxylic acids is 2. The largest absolute Gasteiger partial charge is 0.486 e. The molecule has 36 heavy (non-hydrogen) atoms. The van der Waals surface area contributed by atoms with Gasteiger partial charge in [0.25, 0.3) is 5.91 Å². The zero-order valence-electron chi connectivity index (χ0n) is 20.7. The number of hydrogen-bond acceptors (Lipinski definition) is 5. The van der Waals surface area contributed by atoms with E-state index in [0.717, 1.165) is 36.8 Å². The molecule has 0 spiro atoms. The molecule has 5 rings (SSSR count). The van der Waals surface area contributed by atoms with Crippen LogP contribution in [0.5, 0.6) is 11.5 Å². The highest BCUT2D eigenvalue weighted by Gasteiger charge is 2.36. The van der Waals surface area contributed by atoms with Crippen molar-refractivity contribution in [3.63, 3.8) is 0 Å². The molecule has 0 saturated heterocycles. The molecular weight excluding hydrogens is 456 g/mol. The minimum atomic E-state index is -0.896. The van der Waals surface area contributed by atoms with E-state index in [0.29, 0.717) is 36.3 Å². The lowest BCUT2D eigenvalue weighted by Crippen LogP contribution is -2.46. The number of fused-ring (bicyclic) bond motifs is 1. The molecule has 2 heterocycles. The number of hydrogen-bond donors (Lipinski definition) is 1. The van der Waals surface area contributed by atoms with Crippen molar-refractivity contribution in [1.29, 1.82) is 0 Å². The lowest BCUT2D eigenvalue weighted by molar-refractivity contribution is -0.123. The number of amides is 2. The van der Waals surface area contributed by atoms with Crippen LogP contribution in [0.1, 0.15) is 73.2 Å². The van der Waals surface area contributed by atoms with E-state index in [2.05, 4.69) is 19.2 Å².